The average molecular weight is 378 g/mol. The zero-order chi connectivity index (χ0) is 14.5. The van der Waals surface area contributed by atoms with E-state index in [1.54, 1.807) is 0 Å². The van der Waals surface area contributed by atoms with E-state index >= 15 is 0 Å². The van der Waals surface area contributed by atoms with Crippen LogP contribution in [0.2, 0.25) is 0 Å². The molecule has 1 aromatic rings. The Bertz CT molecular complexity index is 425. The molecule has 1 N–H and O–H groups in total. The Morgan fingerprint density at radius 2 is 2.20 bits per heavy atom. The van der Waals surface area contributed by atoms with Gasteiger partial charge in [-0.3, -0.25) is 4.68 Å². The predicted molar refractivity (Wildman–Crippen MR) is 94.8 cm³/mol. The molecule has 0 saturated carbocycles. The van der Waals surface area contributed by atoms with E-state index in [0.29, 0.717) is 16.5 Å². The number of hydrogen-bond acceptors (Lipinski definition) is 4. The Labute approximate surface area is 139 Å². The lowest BCUT2D eigenvalue weighted by atomic mass is 10.1. The van der Waals surface area contributed by atoms with Gasteiger partial charge in [-0.1, -0.05) is 13.8 Å². The van der Waals surface area contributed by atoms with Crippen LogP contribution >= 0.6 is 39.5 Å². The molecule has 3 nitrogen and oxygen atoms in total. The number of aromatic nitrogens is 2. The molecule has 20 heavy (non-hydrogen) atoms. The van der Waals surface area contributed by atoms with E-state index in [4.69, 9.17) is 0 Å². The van der Waals surface area contributed by atoms with Crippen molar-refractivity contribution in [3.8, 4) is 0 Å². The second kappa shape index (κ2) is 8.11. The summed E-state index contributed by atoms with van der Waals surface area (Å²) in [7, 11) is 0. The molecule has 1 saturated heterocycles. The number of aryl methyl sites for hydroxylation is 1. The van der Waals surface area contributed by atoms with Crippen LogP contribution in [-0.4, -0.2) is 38.3 Å². The standard InChI is InChI=1S/C14H24BrN3S2/c1-4-6-16-12(14-10(3)19-7-8-20-14)13-11(15)9-17-18(13)5-2/h9-10,12,14,16H,4-8H2,1-3H3. The van der Waals surface area contributed by atoms with Crippen LogP contribution in [0.4, 0.5) is 0 Å². The third-order valence-corrected chi connectivity index (χ3v) is 7.41. The summed E-state index contributed by atoms with van der Waals surface area (Å²) in [6.07, 6.45) is 3.10. The summed E-state index contributed by atoms with van der Waals surface area (Å²) < 4.78 is 3.26. The highest BCUT2D eigenvalue weighted by molar-refractivity contribution is 9.10. The summed E-state index contributed by atoms with van der Waals surface area (Å²) in [5.74, 6) is 2.53. The minimum absolute atomic E-state index is 0.375. The lowest BCUT2D eigenvalue weighted by Gasteiger charge is -2.35. The zero-order valence-corrected chi connectivity index (χ0v) is 15.7. The van der Waals surface area contributed by atoms with Crippen LogP contribution in [0.25, 0.3) is 0 Å². The first-order valence-electron chi connectivity index (χ1n) is 7.36. The quantitative estimate of drug-likeness (QED) is 0.812. The summed E-state index contributed by atoms with van der Waals surface area (Å²) in [5.41, 5.74) is 1.31. The SMILES string of the molecule is CCCNC(c1c(Br)cnn1CC)C1SCCSC1C. The lowest BCUT2D eigenvalue weighted by molar-refractivity contribution is 0.463. The van der Waals surface area contributed by atoms with Crippen molar-refractivity contribution in [3.05, 3.63) is 16.4 Å². The minimum atomic E-state index is 0.375. The molecule has 0 aromatic carbocycles. The van der Waals surface area contributed by atoms with Gasteiger partial charge < -0.3 is 5.32 Å². The van der Waals surface area contributed by atoms with Crippen LogP contribution in [-0.2, 0) is 6.54 Å². The number of rotatable bonds is 6. The maximum atomic E-state index is 4.50. The number of nitrogens with one attached hydrogen (secondary N) is 1. The number of halogens is 1. The van der Waals surface area contributed by atoms with Gasteiger partial charge >= 0.3 is 0 Å². The number of nitrogens with zero attached hydrogens (tertiary/aromatic N) is 2. The molecule has 114 valence electrons. The highest BCUT2D eigenvalue weighted by Gasteiger charge is 2.34. The summed E-state index contributed by atoms with van der Waals surface area (Å²) in [4.78, 5) is 0. The molecule has 6 heteroatoms. The van der Waals surface area contributed by atoms with Crippen molar-refractivity contribution in [2.75, 3.05) is 18.1 Å². The van der Waals surface area contributed by atoms with Gasteiger partial charge in [0.1, 0.15) is 0 Å². The Morgan fingerprint density at radius 1 is 1.45 bits per heavy atom. The molecule has 1 aliphatic rings. The van der Waals surface area contributed by atoms with E-state index in [1.807, 2.05) is 6.20 Å². The molecular weight excluding hydrogens is 354 g/mol. The van der Waals surface area contributed by atoms with Crippen LogP contribution in [0.3, 0.4) is 0 Å². The molecule has 3 atom stereocenters. The predicted octanol–water partition coefficient (Wildman–Crippen LogP) is 3.94. The van der Waals surface area contributed by atoms with E-state index < -0.39 is 0 Å². The fourth-order valence-corrected chi connectivity index (χ4v) is 6.08. The van der Waals surface area contributed by atoms with Gasteiger partial charge in [0, 0.05) is 28.6 Å². The van der Waals surface area contributed by atoms with Crippen molar-refractivity contribution in [2.45, 2.75) is 50.3 Å². The van der Waals surface area contributed by atoms with Gasteiger partial charge in [0.05, 0.1) is 22.4 Å². The molecule has 2 rings (SSSR count). The molecule has 0 radical (unpaired) electrons. The third-order valence-electron chi connectivity index (χ3n) is 3.61. The first-order chi connectivity index (χ1) is 9.69. The fraction of sp³-hybridized carbons (Fsp3) is 0.786. The maximum Gasteiger partial charge on any atom is 0.0707 e. The van der Waals surface area contributed by atoms with Gasteiger partial charge in [0.2, 0.25) is 0 Å². The van der Waals surface area contributed by atoms with Gasteiger partial charge in [0.25, 0.3) is 0 Å². The second-order valence-corrected chi connectivity index (χ2v) is 8.66. The van der Waals surface area contributed by atoms with Gasteiger partial charge in [-0.05, 0) is 35.8 Å². The van der Waals surface area contributed by atoms with Gasteiger partial charge in [-0.25, -0.2) is 0 Å². The Balaban J connectivity index is 2.28. The van der Waals surface area contributed by atoms with E-state index in [9.17, 15) is 0 Å². The fourth-order valence-electron chi connectivity index (χ4n) is 2.62. The Hall–Kier alpha value is 0.350. The molecule has 0 spiro atoms. The van der Waals surface area contributed by atoms with Crippen LogP contribution in [0.1, 0.15) is 38.9 Å². The van der Waals surface area contributed by atoms with Crippen LogP contribution in [0, 0.1) is 0 Å². The number of thioether (sulfide) groups is 2. The summed E-state index contributed by atoms with van der Waals surface area (Å²) >= 11 is 7.91. The monoisotopic (exact) mass is 377 g/mol. The van der Waals surface area contributed by atoms with Crippen molar-refractivity contribution in [1.29, 1.82) is 0 Å². The molecule has 0 bridgehead atoms. The van der Waals surface area contributed by atoms with Crippen molar-refractivity contribution >= 4 is 39.5 Å². The molecule has 3 unspecified atom stereocenters. The second-order valence-electron chi connectivity index (χ2n) is 5.04. The normalized spacial score (nSPS) is 24.8. The molecule has 1 fully saturated rings. The van der Waals surface area contributed by atoms with Gasteiger partial charge in [-0.2, -0.15) is 28.6 Å². The Kier molecular flexibility index (Phi) is 6.78. The molecule has 1 aromatic heterocycles. The first kappa shape index (κ1) is 16.7. The Morgan fingerprint density at radius 3 is 2.85 bits per heavy atom. The van der Waals surface area contributed by atoms with Crippen molar-refractivity contribution in [2.24, 2.45) is 0 Å². The minimum Gasteiger partial charge on any atom is -0.308 e. The highest BCUT2D eigenvalue weighted by Crippen LogP contribution is 2.40. The van der Waals surface area contributed by atoms with Gasteiger partial charge in [-0.15, -0.1) is 0 Å². The van der Waals surface area contributed by atoms with E-state index in [1.165, 1.54) is 17.2 Å². The summed E-state index contributed by atoms with van der Waals surface area (Å²) in [6.45, 7) is 8.72. The number of hydrogen-bond donors (Lipinski definition) is 1. The van der Waals surface area contributed by atoms with E-state index in [0.717, 1.165) is 24.0 Å². The molecule has 1 aliphatic heterocycles. The molecule has 0 amide bonds. The van der Waals surface area contributed by atoms with Crippen LogP contribution < -0.4 is 5.32 Å². The van der Waals surface area contributed by atoms with Crippen molar-refractivity contribution in [3.63, 3.8) is 0 Å². The molecular formula is C14H24BrN3S2. The zero-order valence-electron chi connectivity index (χ0n) is 12.4. The third kappa shape index (κ3) is 3.76. The van der Waals surface area contributed by atoms with Crippen molar-refractivity contribution in [1.82, 2.24) is 15.1 Å². The van der Waals surface area contributed by atoms with E-state index in [2.05, 4.69) is 75.3 Å². The van der Waals surface area contributed by atoms with Crippen LogP contribution in [0.5, 0.6) is 0 Å². The summed E-state index contributed by atoms with van der Waals surface area (Å²) in [6, 6.07) is 0.375. The largest absolute Gasteiger partial charge is 0.308 e. The smallest absolute Gasteiger partial charge is 0.0707 e. The van der Waals surface area contributed by atoms with Gasteiger partial charge in [0.15, 0.2) is 0 Å². The lowest BCUT2D eigenvalue weighted by Crippen LogP contribution is -2.39. The van der Waals surface area contributed by atoms with E-state index in [-0.39, 0.29) is 0 Å². The average Bonchev–Trinajstić information content (AvgIpc) is 2.82. The molecule has 2 heterocycles. The summed E-state index contributed by atoms with van der Waals surface area (Å²) in [5, 5.41) is 9.55. The molecule has 0 aliphatic carbocycles. The highest BCUT2D eigenvalue weighted by atomic mass is 79.9. The maximum absolute atomic E-state index is 4.50. The topological polar surface area (TPSA) is 29.9 Å². The van der Waals surface area contributed by atoms with Crippen molar-refractivity contribution < 1.29 is 0 Å². The van der Waals surface area contributed by atoms with Crippen LogP contribution in [0.15, 0.2) is 10.7 Å². The first-order valence-corrected chi connectivity index (χ1v) is 10.3.